The smallest absolute Gasteiger partial charge is 0.274 e. The number of aromatic amines is 1. The minimum absolute atomic E-state index is 0.0552. The van der Waals surface area contributed by atoms with Gasteiger partial charge in [0.05, 0.1) is 28.0 Å². The lowest BCUT2D eigenvalue weighted by Crippen LogP contribution is -2.39. The molecule has 1 aliphatic heterocycles. The van der Waals surface area contributed by atoms with Gasteiger partial charge in [0.2, 0.25) is 5.88 Å². The van der Waals surface area contributed by atoms with Crippen LogP contribution in [0.4, 0.5) is 0 Å². The first kappa shape index (κ1) is 20.6. The Balaban J connectivity index is 1.40. The predicted octanol–water partition coefficient (Wildman–Crippen LogP) is 5.12. The first-order valence-corrected chi connectivity index (χ1v) is 12.1. The number of likely N-dealkylation sites (tertiary alicyclic amines) is 1. The first-order chi connectivity index (χ1) is 15.9. The van der Waals surface area contributed by atoms with Gasteiger partial charge < -0.3 is 14.6 Å². The lowest BCUT2D eigenvalue weighted by Gasteiger charge is -2.26. The number of carbonyl (C=O) groups excluding carboxylic acids is 1. The van der Waals surface area contributed by atoms with E-state index in [2.05, 4.69) is 15.0 Å². The Bertz CT molecular complexity index is 1410. The van der Waals surface area contributed by atoms with Crippen molar-refractivity contribution >= 4 is 39.9 Å². The Kier molecular flexibility index (Phi) is 4.54. The van der Waals surface area contributed by atoms with Gasteiger partial charge in [-0.15, -0.1) is 11.3 Å². The second-order valence-electron chi connectivity index (χ2n) is 8.72. The molecule has 1 aliphatic carbocycles. The number of methoxy groups -OCH3 is 1. The van der Waals surface area contributed by atoms with Gasteiger partial charge in [-0.1, -0.05) is 11.6 Å². The Labute approximate surface area is 199 Å². The molecule has 1 N–H and O–H groups in total. The summed E-state index contributed by atoms with van der Waals surface area (Å²) >= 11 is 7.83. The molecule has 9 heteroatoms. The van der Waals surface area contributed by atoms with E-state index in [0.29, 0.717) is 29.1 Å². The fourth-order valence-electron chi connectivity index (χ4n) is 5.10. The van der Waals surface area contributed by atoms with Crippen LogP contribution in [0.3, 0.4) is 0 Å². The summed E-state index contributed by atoms with van der Waals surface area (Å²) in [5, 5.41) is 1.54. The SMILES string of the molecule is COc1ccc(-c2sc(C)nc2C(=O)N2CC[C@@H]3C[C@@]32c2nc3c(C)c(Cl)ccc3[nH]2)cn1. The van der Waals surface area contributed by atoms with Gasteiger partial charge in [0.1, 0.15) is 17.1 Å². The largest absolute Gasteiger partial charge is 0.481 e. The van der Waals surface area contributed by atoms with Crippen molar-refractivity contribution in [1.82, 2.24) is 24.8 Å². The van der Waals surface area contributed by atoms with Crippen LogP contribution in [0.25, 0.3) is 21.5 Å². The highest BCUT2D eigenvalue weighted by atomic mass is 35.5. The molecular formula is C24H22ClN5O2S. The van der Waals surface area contributed by atoms with E-state index in [1.807, 2.05) is 36.9 Å². The summed E-state index contributed by atoms with van der Waals surface area (Å²) in [7, 11) is 1.58. The van der Waals surface area contributed by atoms with Crippen molar-refractivity contribution in [2.75, 3.05) is 13.7 Å². The highest BCUT2D eigenvalue weighted by Crippen LogP contribution is 2.62. The fourth-order valence-corrected chi connectivity index (χ4v) is 6.15. The van der Waals surface area contributed by atoms with Crippen LogP contribution in [0.5, 0.6) is 5.88 Å². The molecule has 168 valence electrons. The monoisotopic (exact) mass is 479 g/mol. The number of benzene rings is 1. The minimum atomic E-state index is -0.401. The van der Waals surface area contributed by atoms with Crippen molar-refractivity contribution < 1.29 is 9.53 Å². The Morgan fingerprint density at radius 1 is 1.27 bits per heavy atom. The number of carbonyl (C=O) groups is 1. The van der Waals surface area contributed by atoms with E-state index in [9.17, 15) is 4.79 Å². The molecule has 7 nitrogen and oxygen atoms in total. The molecule has 2 aliphatic rings. The summed E-state index contributed by atoms with van der Waals surface area (Å²) in [6.07, 6.45) is 3.60. The fraction of sp³-hybridized carbons (Fsp3) is 0.333. The molecule has 6 rings (SSSR count). The number of halogens is 1. The molecule has 3 aromatic heterocycles. The second kappa shape index (κ2) is 7.27. The predicted molar refractivity (Wildman–Crippen MR) is 128 cm³/mol. The van der Waals surface area contributed by atoms with E-state index in [1.54, 1.807) is 19.4 Å². The first-order valence-electron chi connectivity index (χ1n) is 10.9. The quantitative estimate of drug-likeness (QED) is 0.439. The number of amides is 1. The number of imidazole rings is 1. The number of pyridine rings is 1. The number of hydrogen-bond acceptors (Lipinski definition) is 6. The highest BCUT2D eigenvalue weighted by Gasteiger charge is 2.66. The normalized spacial score (nSPS) is 21.5. The number of aromatic nitrogens is 4. The van der Waals surface area contributed by atoms with E-state index >= 15 is 0 Å². The van der Waals surface area contributed by atoms with Crippen molar-refractivity contribution in [1.29, 1.82) is 0 Å². The van der Waals surface area contributed by atoms with Gasteiger partial charge in [-0.05, 0) is 56.4 Å². The number of thiazole rings is 1. The Morgan fingerprint density at radius 3 is 2.85 bits per heavy atom. The number of piperidine rings is 1. The third-order valence-corrected chi connectivity index (χ3v) is 8.33. The number of nitrogens with one attached hydrogen (secondary N) is 1. The summed E-state index contributed by atoms with van der Waals surface area (Å²) in [6, 6.07) is 7.55. The van der Waals surface area contributed by atoms with E-state index in [-0.39, 0.29) is 5.91 Å². The number of ether oxygens (including phenoxy) is 1. The van der Waals surface area contributed by atoms with Crippen molar-refractivity contribution in [3.63, 3.8) is 0 Å². The van der Waals surface area contributed by atoms with E-state index in [1.165, 1.54) is 11.3 Å². The zero-order valence-electron chi connectivity index (χ0n) is 18.5. The maximum Gasteiger partial charge on any atom is 0.274 e. The van der Waals surface area contributed by atoms with E-state index < -0.39 is 5.54 Å². The molecule has 0 spiro atoms. The lowest BCUT2D eigenvalue weighted by atomic mass is 10.1. The molecule has 1 amide bonds. The van der Waals surface area contributed by atoms with Crippen LogP contribution in [0.15, 0.2) is 30.5 Å². The number of fused-ring (bicyclic) bond motifs is 2. The van der Waals surface area contributed by atoms with Crippen LogP contribution < -0.4 is 4.74 Å². The number of aryl methyl sites for hydroxylation is 2. The van der Waals surface area contributed by atoms with Crippen LogP contribution in [-0.2, 0) is 5.54 Å². The average molecular weight is 480 g/mol. The van der Waals surface area contributed by atoms with Crippen LogP contribution in [0.2, 0.25) is 5.02 Å². The standard InChI is InChI=1S/C24H22ClN5O2S/c1-12-16(25)5-6-17-19(12)29-23(28-17)24-10-15(24)8-9-30(24)22(31)20-21(33-13(2)27-20)14-4-7-18(32-3)26-11-14/h4-7,11,15H,8-10H2,1-3H3,(H,28,29)/t15-,24+/m1/s1. The van der Waals surface area contributed by atoms with Gasteiger partial charge >= 0.3 is 0 Å². The van der Waals surface area contributed by atoms with Crippen LogP contribution >= 0.6 is 22.9 Å². The Morgan fingerprint density at radius 2 is 2.12 bits per heavy atom. The van der Waals surface area contributed by atoms with E-state index in [0.717, 1.165) is 50.7 Å². The molecule has 4 aromatic rings. The molecule has 0 bridgehead atoms. The molecule has 4 heterocycles. The van der Waals surface area contributed by atoms with Crippen molar-refractivity contribution in [3.05, 3.63) is 57.6 Å². The Hall–Kier alpha value is -2.97. The van der Waals surface area contributed by atoms with E-state index in [4.69, 9.17) is 21.3 Å². The van der Waals surface area contributed by atoms with Crippen molar-refractivity contribution in [3.8, 4) is 16.3 Å². The highest BCUT2D eigenvalue weighted by molar-refractivity contribution is 7.15. The minimum Gasteiger partial charge on any atom is -0.481 e. The van der Waals surface area contributed by atoms with Crippen molar-refractivity contribution in [2.45, 2.75) is 32.2 Å². The summed E-state index contributed by atoms with van der Waals surface area (Å²) in [5.41, 5.74) is 3.70. The summed E-state index contributed by atoms with van der Waals surface area (Å²) < 4.78 is 5.17. The third-order valence-electron chi connectivity index (χ3n) is 6.90. The number of H-pyrrole nitrogens is 1. The zero-order chi connectivity index (χ0) is 22.9. The molecule has 1 saturated heterocycles. The molecule has 0 unspecified atom stereocenters. The maximum absolute atomic E-state index is 13.9. The van der Waals surface area contributed by atoms with Gasteiger partial charge in [-0.25, -0.2) is 15.0 Å². The topological polar surface area (TPSA) is 84.0 Å². The van der Waals surface area contributed by atoms with Crippen molar-refractivity contribution in [2.24, 2.45) is 5.92 Å². The number of nitrogens with zero attached hydrogens (tertiary/aromatic N) is 4. The molecule has 33 heavy (non-hydrogen) atoms. The van der Waals surface area contributed by atoms with Gasteiger partial charge in [0.25, 0.3) is 5.91 Å². The molecule has 0 radical (unpaired) electrons. The summed E-state index contributed by atoms with van der Waals surface area (Å²) in [5.74, 6) is 1.73. The van der Waals surface area contributed by atoms with Gasteiger partial charge in [-0.3, -0.25) is 4.79 Å². The second-order valence-corrected chi connectivity index (χ2v) is 10.3. The summed E-state index contributed by atoms with van der Waals surface area (Å²) in [4.78, 5) is 34.1. The van der Waals surface area contributed by atoms with Gasteiger partial charge in [0, 0.05) is 29.4 Å². The lowest BCUT2D eigenvalue weighted by molar-refractivity contribution is 0.0676. The van der Waals surface area contributed by atoms with Crippen LogP contribution in [0.1, 0.15) is 39.7 Å². The van der Waals surface area contributed by atoms with Gasteiger partial charge in [-0.2, -0.15) is 0 Å². The molecule has 2 atom stereocenters. The molecule has 1 saturated carbocycles. The van der Waals surface area contributed by atoms with Crippen LogP contribution in [0, 0.1) is 19.8 Å². The number of hydrogen-bond donors (Lipinski definition) is 1. The van der Waals surface area contributed by atoms with Crippen LogP contribution in [-0.4, -0.2) is 44.4 Å². The molecule has 1 aromatic carbocycles. The number of rotatable bonds is 4. The maximum atomic E-state index is 13.9. The molecular weight excluding hydrogens is 458 g/mol. The zero-order valence-corrected chi connectivity index (χ0v) is 20.0. The third kappa shape index (κ3) is 3.00. The average Bonchev–Trinajstić information content (AvgIpc) is 3.14. The molecule has 2 fully saturated rings. The summed E-state index contributed by atoms with van der Waals surface area (Å²) in [6.45, 7) is 4.59. The van der Waals surface area contributed by atoms with Gasteiger partial charge in [0.15, 0.2) is 0 Å².